The lowest BCUT2D eigenvalue weighted by Crippen LogP contribution is -2.54. The molecule has 2 amide bonds. The summed E-state index contributed by atoms with van der Waals surface area (Å²) in [6.45, 7) is 6.70. The van der Waals surface area contributed by atoms with Crippen molar-refractivity contribution >= 4 is 17.8 Å². The molecule has 2 N–H and O–H groups in total. The Bertz CT molecular complexity index is 585. The van der Waals surface area contributed by atoms with Crippen LogP contribution >= 0.6 is 0 Å². The van der Waals surface area contributed by atoms with E-state index in [4.69, 9.17) is 6.42 Å². The first-order valence-corrected chi connectivity index (χ1v) is 6.43. The number of anilines is 1. The van der Waals surface area contributed by atoms with Crippen molar-refractivity contribution in [2.75, 3.05) is 5.32 Å². The molecule has 0 fully saturated rings. The molecule has 1 rings (SSSR count). The number of aromatic nitrogens is 1. The molecule has 0 saturated heterocycles. The van der Waals surface area contributed by atoms with Gasteiger partial charge in [-0.15, -0.1) is 6.42 Å². The summed E-state index contributed by atoms with van der Waals surface area (Å²) < 4.78 is 0. The Morgan fingerprint density at radius 2 is 2.05 bits per heavy atom. The highest BCUT2D eigenvalue weighted by atomic mass is 16.4. The van der Waals surface area contributed by atoms with E-state index in [1.54, 1.807) is 39.0 Å². The van der Waals surface area contributed by atoms with Crippen LogP contribution in [-0.4, -0.2) is 38.6 Å². The quantitative estimate of drug-likeness (QED) is 0.835. The fourth-order valence-corrected chi connectivity index (χ4v) is 1.97. The molecule has 1 aromatic rings. The molecule has 0 radical (unpaired) electrons. The number of nitrogens with one attached hydrogen (secondary N) is 1. The van der Waals surface area contributed by atoms with Gasteiger partial charge in [-0.2, -0.15) is 0 Å². The Morgan fingerprint density at radius 1 is 1.43 bits per heavy atom. The smallest absolute Gasteiger partial charge is 0.408 e. The van der Waals surface area contributed by atoms with Gasteiger partial charge in [-0.1, -0.05) is 12.0 Å². The molecule has 1 heterocycles. The number of hydrogen-bond acceptors (Lipinski definition) is 3. The Balaban J connectivity index is 2.92. The third-order valence-electron chi connectivity index (χ3n) is 2.84. The van der Waals surface area contributed by atoms with Crippen LogP contribution in [0.25, 0.3) is 0 Å². The van der Waals surface area contributed by atoms with Crippen LogP contribution in [0, 0.1) is 12.3 Å². The molecule has 0 bridgehead atoms. The Morgan fingerprint density at radius 3 is 2.52 bits per heavy atom. The van der Waals surface area contributed by atoms with E-state index >= 15 is 0 Å². The minimum absolute atomic E-state index is 0.293. The number of rotatable bonds is 3. The van der Waals surface area contributed by atoms with Gasteiger partial charge in [0, 0.05) is 5.54 Å². The number of pyridine rings is 1. The summed E-state index contributed by atoms with van der Waals surface area (Å²) in [5.41, 5.74) is -0.303. The highest BCUT2D eigenvalue weighted by Gasteiger charge is 2.34. The van der Waals surface area contributed by atoms with E-state index in [0.717, 1.165) is 4.90 Å². The normalized spacial score (nSPS) is 12.1. The van der Waals surface area contributed by atoms with Crippen molar-refractivity contribution in [2.24, 2.45) is 0 Å². The average molecular weight is 289 g/mol. The van der Waals surface area contributed by atoms with Gasteiger partial charge in [-0.25, -0.2) is 9.78 Å². The lowest BCUT2D eigenvalue weighted by molar-refractivity contribution is -0.121. The van der Waals surface area contributed by atoms with Gasteiger partial charge in [-0.3, -0.25) is 9.69 Å². The van der Waals surface area contributed by atoms with Gasteiger partial charge in [0.25, 0.3) is 0 Å². The first kappa shape index (κ1) is 16.5. The fraction of sp³-hybridized carbons (Fsp3) is 0.400. The average Bonchev–Trinajstić information content (AvgIpc) is 2.36. The van der Waals surface area contributed by atoms with Crippen molar-refractivity contribution in [1.82, 2.24) is 9.88 Å². The Hall–Kier alpha value is -2.55. The van der Waals surface area contributed by atoms with Crippen LogP contribution in [0.3, 0.4) is 0 Å². The summed E-state index contributed by atoms with van der Waals surface area (Å²) in [5, 5.41) is 11.9. The van der Waals surface area contributed by atoms with Crippen molar-refractivity contribution in [3.8, 4) is 12.3 Å². The molecule has 21 heavy (non-hydrogen) atoms. The van der Waals surface area contributed by atoms with Gasteiger partial charge in [0.15, 0.2) is 0 Å². The van der Waals surface area contributed by atoms with E-state index in [9.17, 15) is 14.7 Å². The second kappa shape index (κ2) is 6.27. The van der Waals surface area contributed by atoms with Gasteiger partial charge in [0.2, 0.25) is 5.91 Å². The summed E-state index contributed by atoms with van der Waals surface area (Å²) >= 11 is 0. The minimum atomic E-state index is -1.16. The zero-order valence-corrected chi connectivity index (χ0v) is 12.5. The maximum absolute atomic E-state index is 12.2. The molecule has 0 aliphatic carbocycles. The molecule has 1 unspecified atom stereocenters. The standard InChI is InChI=1S/C15H19N3O3/c1-6-11-8-7-9-12(16-11)17-13(19)10(2)18(14(20)21)15(3,4)5/h1,7-10H,2-5H3,(H,20,21)(H,16,17,19). The number of carboxylic acid groups (broad SMARTS) is 1. The number of amides is 2. The van der Waals surface area contributed by atoms with E-state index < -0.39 is 23.6 Å². The first-order chi connectivity index (χ1) is 9.66. The van der Waals surface area contributed by atoms with Crippen LogP contribution in [0.4, 0.5) is 10.6 Å². The predicted molar refractivity (Wildman–Crippen MR) is 79.9 cm³/mol. The Labute approximate surface area is 124 Å². The van der Waals surface area contributed by atoms with Gasteiger partial charge in [0.1, 0.15) is 17.6 Å². The van der Waals surface area contributed by atoms with E-state index in [1.165, 1.54) is 6.92 Å². The molecule has 112 valence electrons. The third kappa shape index (κ3) is 4.21. The van der Waals surface area contributed by atoms with Crippen molar-refractivity contribution in [2.45, 2.75) is 39.3 Å². The minimum Gasteiger partial charge on any atom is -0.465 e. The summed E-state index contributed by atoms with van der Waals surface area (Å²) in [5.74, 6) is 2.20. The molecule has 6 nitrogen and oxygen atoms in total. The Kier molecular flexibility index (Phi) is 4.93. The maximum atomic E-state index is 12.2. The SMILES string of the molecule is C#Cc1cccc(NC(=O)C(C)N(C(=O)O)C(C)(C)C)n1. The summed E-state index contributed by atoms with van der Waals surface area (Å²) in [4.78, 5) is 28.7. The largest absolute Gasteiger partial charge is 0.465 e. The summed E-state index contributed by atoms with van der Waals surface area (Å²) in [6.07, 6.45) is 4.09. The molecule has 1 atom stereocenters. The summed E-state index contributed by atoms with van der Waals surface area (Å²) in [7, 11) is 0. The molecule has 1 aromatic heterocycles. The van der Waals surface area contributed by atoms with Crippen molar-refractivity contribution in [1.29, 1.82) is 0 Å². The van der Waals surface area contributed by atoms with Crippen LogP contribution in [0.5, 0.6) is 0 Å². The van der Waals surface area contributed by atoms with Gasteiger partial charge < -0.3 is 10.4 Å². The highest BCUT2D eigenvalue weighted by molar-refractivity contribution is 5.95. The van der Waals surface area contributed by atoms with Gasteiger partial charge in [0.05, 0.1) is 0 Å². The number of carbonyl (C=O) groups excluding carboxylic acids is 1. The molecule has 6 heteroatoms. The molecule has 0 aliphatic rings. The van der Waals surface area contributed by atoms with Crippen LogP contribution in [0.15, 0.2) is 18.2 Å². The molecule has 0 spiro atoms. The number of terminal acetylenes is 1. The van der Waals surface area contributed by atoms with E-state index in [2.05, 4.69) is 16.2 Å². The van der Waals surface area contributed by atoms with Crippen LogP contribution in [0.2, 0.25) is 0 Å². The van der Waals surface area contributed by atoms with Gasteiger partial charge >= 0.3 is 6.09 Å². The predicted octanol–water partition coefficient (Wildman–Crippen LogP) is 2.17. The topological polar surface area (TPSA) is 82.5 Å². The third-order valence-corrected chi connectivity index (χ3v) is 2.84. The second-order valence-corrected chi connectivity index (χ2v) is 5.54. The number of carbonyl (C=O) groups is 2. The van der Waals surface area contributed by atoms with Crippen molar-refractivity contribution in [3.05, 3.63) is 23.9 Å². The van der Waals surface area contributed by atoms with Crippen molar-refractivity contribution < 1.29 is 14.7 Å². The number of nitrogens with zero attached hydrogens (tertiary/aromatic N) is 2. The van der Waals surface area contributed by atoms with Gasteiger partial charge in [-0.05, 0) is 39.8 Å². The lowest BCUT2D eigenvalue weighted by Gasteiger charge is -2.37. The molecule has 0 aliphatic heterocycles. The van der Waals surface area contributed by atoms with E-state index in [1.807, 2.05) is 0 Å². The first-order valence-electron chi connectivity index (χ1n) is 6.43. The number of hydrogen-bond donors (Lipinski definition) is 2. The molecular weight excluding hydrogens is 270 g/mol. The van der Waals surface area contributed by atoms with Crippen LogP contribution in [0.1, 0.15) is 33.4 Å². The zero-order valence-electron chi connectivity index (χ0n) is 12.5. The maximum Gasteiger partial charge on any atom is 0.408 e. The molecule has 0 saturated carbocycles. The summed E-state index contributed by atoms with van der Waals surface area (Å²) in [6, 6.07) is 4.03. The van der Waals surface area contributed by atoms with Crippen molar-refractivity contribution in [3.63, 3.8) is 0 Å². The zero-order chi connectivity index (χ0) is 16.2. The van der Waals surface area contributed by atoms with Crippen LogP contribution in [-0.2, 0) is 4.79 Å². The highest BCUT2D eigenvalue weighted by Crippen LogP contribution is 2.18. The van der Waals surface area contributed by atoms with E-state index in [0.29, 0.717) is 11.5 Å². The lowest BCUT2D eigenvalue weighted by atomic mass is 10.0. The second-order valence-electron chi connectivity index (χ2n) is 5.54. The fourth-order valence-electron chi connectivity index (χ4n) is 1.97. The monoisotopic (exact) mass is 289 g/mol. The molecular formula is C15H19N3O3. The van der Waals surface area contributed by atoms with Crippen LogP contribution < -0.4 is 5.32 Å². The van der Waals surface area contributed by atoms with E-state index in [-0.39, 0.29) is 0 Å². The molecule has 0 aromatic carbocycles.